The topological polar surface area (TPSA) is 41.3 Å². The summed E-state index contributed by atoms with van der Waals surface area (Å²) in [6.07, 6.45) is 8.19. The maximum absolute atomic E-state index is 6.08. The van der Waals surface area contributed by atoms with Crippen molar-refractivity contribution in [3.05, 3.63) is 0 Å². The van der Waals surface area contributed by atoms with E-state index >= 15 is 0 Å². The molecule has 3 unspecified atom stereocenters. The molecule has 3 atom stereocenters. The smallest absolute Gasteiger partial charge is 0.0447 e. The van der Waals surface area contributed by atoms with E-state index in [1.807, 2.05) is 0 Å². The zero-order chi connectivity index (χ0) is 11.9. The molecule has 3 fully saturated rings. The molecule has 0 aromatic carbocycles. The third-order valence-electron chi connectivity index (χ3n) is 5.04. The molecule has 0 amide bonds. The highest BCUT2D eigenvalue weighted by molar-refractivity contribution is 5.04. The molecule has 1 saturated heterocycles. The first kappa shape index (κ1) is 11.9. The molecule has 0 radical (unpaired) electrons. The predicted octanol–water partition coefficient (Wildman–Crippen LogP) is 1.33. The van der Waals surface area contributed by atoms with Crippen LogP contribution in [0, 0.1) is 5.92 Å². The van der Waals surface area contributed by atoms with Gasteiger partial charge in [-0.15, -0.1) is 0 Å². The van der Waals surface area contributed by atoms with Crippen LogP contribution in [0.25, 0.3) is 0 Å². The predicted molar refractivity (Wildman–Crippen MR) is 70.9 cm³/mol. The van der Waals surface area contributed by atoms with Gasteiger partial charge in [-0.3, -0.25) is 4.90 Å². The highest BCUT2D eigenvalue weighted by atomic mass is 15.3. The van der Waals surface area contributed by atoms with Crippen molar-refractivity contribution < 1.29 is 0 Å². The minimum Gasteiger partial charge on any atom is -0.329 e. The van der Waals surface area contributed by atoms with Crippen molar-refractivity contribution in [1.29, 1.82) is 0 Å². The van der Waals surface area contributed by atoms with Gasteiger partial charge in [-0.05, 0) is 44.4 Å². The van der Waals surface area contributed by atoms with Gasteiger partial charge >= 0.3 is 0 Å². The van der Waals surface area contributed by atoms with Gasteiger partial charge in [-0.1, -0.05) is 6.92 Å². The summed E-state index contributed by atoms with van der Waals surface area (Å²) in [7, 11) is 0. The maximum atomic E-state index is 6.08. The molecular weight excluding hydrogens is 210 g/mol. The van der Waals surface area contributed by atoms with E-state index in [1.54, 1.807) is 0 Å². The fraction of sp³-hybridized carbons (Fsp3) is 1.00. The van der Waals surface area contributed by atoms with E-state index in [0.717, 1.165) is 24.5 Å². The fourth-order valence-electron chi connectivity index (χ4n) is 3.77. The Balaban J connectivity index is 1.58. The van der Waals surface area contributed by atoms with Crippen LogP contribution < -0.4 is 11.1 Å². The molecule has 0 bridgehead atoms. The fourth-order valence-corrected chi connectivity index (χ4v) is 3.77. The molecule has 17 heavy (non-hydrogen) atoms. The monoisotopic (exact) mass is 237 g/mol. The van der Waals surface area contributed by atoms with Crippen molar-refractivity contribution in [2.24, 2.45) is 11.7 Å². The van der Waals surface area contributed by atoms with E-state index < -0.39 is 0 Å². The zero-order valence-electron chi connectivity index (χ0n) is 11.1. The SMILES string of the molecule is CC1CCC(NC2(CN)CCN(C3CC3)C2)C1. The lowest BCUT2D eigenvalue weighted by Crippen LogP contribution is -2.56. The Kier molecular flexibility index (Phi) is 3.18. The van der Waals surface area contributed by atoms with Crippen LogP contribution in [0.3, 0.4) is 0 Å². The van der Waals surface area contributed by atoms with Gasteiger partial charge in [0, 0.05) is 37.3 Å². The summed E-state index contributed by atoms with van der Waals surface area (Å²) in [6.45, 7) is 5.64. The second-order valence-electron chi connectivity index (χ2n) is 6.70. The van der Waals surface area contributed by atoms with Crippen LogP contribution in [0.1, 0.15) is 45.4 Å². The summed E-state index contributed by atoms with van der Waals surface area (Å²) in [5.74, 6) is 0.906. The Morgan fingerprint density at radius 2 is 2.12 bits per heavy atom. The van der Waals surface area contributed by atoms with Gasteiger partial charge < -0.3 is 11.1 Å². The Hall–Kier alpha value is -0.120. The van der Waals surface area contributed by atoms with Gasteiger partial charge in [0.2, 0.25) is 0 Å². The third kappa shape index (κ3) is 2.51. The van der Waals surface area contributed by atoms with Gasteiger partial charge in [0.25, 0.3) is 0 Å². The molecule has 1 aliphatic heterocycles. The molecule has 3 heteroatoms. The van der Waals surface area contributed by atoms with E-state index in [-0.39, 0.29) is 5.54 Å². The summed E-state index contributed by atoms with van der Waals surface area (Å²) in [6, 6.07) is 1.63. The van der Waals surface area contributed by atoms with Gasteiger partial charge in [0.1, 0.15) is 0 Å². The molecule has 2 saturated carbocycles. The average molecular weight is 237 g/mol. The van der Waals surface area contributed by atoms with Crippen molar-refractivity contribution in [3.63, 3.8) is 0 Å². The first-order chi connectivity index (χ1) is 8.21. The second-order valence-corrected chi connectivity index (χ2v) is 6.70. The molecule has 98 valence electrons. The summed E-state index contributed by atoms with van der Waals surface area (Å²) < 4.78 is 0. The number of likely N-dealkylation sites (tertiary alicyclic amines) is 1. The Labute approximate surface area is 105 Å². The molecule has 0 aromatic heterocycles. The quantitative estimate of drug-likeness (QED) is 0.775. The molecule has 2 aliphatic carbocycles. The lowest BCUT2D eigenvalue weighted by molar-refractivity contribution is 0.256. The Morgan fingerprint density at radius 3 is 2.71 bits per heavy atom. The van der Waals surface area contributed by atoms with Gasteiger partial charge in [-0.2, -0.15) is 0 Å². The molecule has 3 aliphatic rings. The van der Waals surface area contributed by atoms with Crippen LogP contribution in [-0.2, 0) is 0 Å². The van der Waals surface area contributed by atoms with Crippen molar-refractivity contribution in [2.75, 3.05) is 19.6 Å². The van der Waals surface area contributed by atoms with E-state index in [9.17, 15) is 0 Å². The third-order valence-corrected chi connectivity index (χ3v) is 5.04. The standard InChI is InChI=1S/C14H27N3/c1-11-2-3-12(8-11)16-14(9-15)6-7-17(10-14)13-4-5-13/h11-13,16H,2-10,15H2,1H3. The summed E-state index contributed by atoms with van der Waals surface area (Å²) in [5, 5.41) is 3.92. The number of nitrogens with two attached hydrogens (primary N) is 1. The van der Waals surface area contributed by atoms with E-state index in [4.69, 9.17) is 5.73 Å². The lowest BCUT2D eigenvalue weighted by Gasteiger charge is -2.33. The van der Waals surface area contributed by atoms with Crippen LogP contribution in [0.4, 0.5) is 0 Å². The molecule has 3 nitrogen and oxygen atoms in total. The molecule has 0 aromatic rings. The minimum atomic E-state index is 0.233. The van der Waals surface area contributed by atoms with Gasteiger partial charge in [-0.25, -0.2) is 0 Å². The number of rotatable bonds is 4. The van der Waals surface area contributed by atoms with Gasteiger partial charge in [0.05, 0.1) is 0 Å². The Bertz CT molecular complexity index is 277. The van der Waals surface area contributed by atoms with Crippen molar-refractivity contribution in [1.82, 2.24) is 10.2 Å². The Morgan fingerprint density at radius 1 is 1.29 bits per heavy atom. The summed E-state index contributed by atoms with van der Waals surface area (Å²) in [4.78, 5) is 2.66. The van der Waals surface area contributed by atoms with E-state index in [1.165, 1.54) is 51.6 Å². The van der Waals surface area contributed by atoms with E-state index in [2.05, 4.69) is 17.1 Å². The number of nitrogens with zero attached hydrogens (tertiary/aromatic N) is 1. The van der Waals surface area contributed by atoms with Crippen molar-refractivity contribution in [3.8, 4) is 0 Å². The molecule has 1 heterocycles. The second kappa shape index (κ2) is 4.52. The van der Waals surface area contributed by atoms with Crippen LogP contribution in [-0.4, -0.2) is 42.2 Å². The summed E-state index contributed by atoms with van der Waals surface area (Å²) in [5.41, 5.74) is 6.31. The molecule has 3 N–H and O–H groups in total. The number of hydrogen-bond acceptors (Lipinski definition) is 3. The zero-order valence-corrected chi connectivity index (χ0v) is 11.1. The minimum absolute atomic E-state index is 0.233. The highest BCUT2D eigenvalue weighted by Crippen LogP contribution is 2.34. The first-order valence-electron chi connectivity index (χ1n) is 7.43. The largest absolute Gasteiger partial charge is 0.329 e. The number of nitrogens with one attached hydrogen (secondary N) is 1. The number of hydrogen-bond donors (Lipinski definition) is 2. The average Bonchev–Trinajstić information content (AvgIpc) is 2.98. The normalized spacial score (nSPS) is 43.4. The van der Waals surface area contributed by atoms with Crippen molar-refractivity contribution >= 4 is 0 Å². The van der Waals surface area contributed by atoms with Crippen LogP contribution in [0.5, 0.6) is 0 Å². The summed E-state index contributed by atoms with van der Waals surface area (Å²) >= 11 is 0. The molecular formula is C14H27N3. The first-order valence-corrected chi connectivity index (χ1v) is 7.43. The molecule has 3 rings (SSSR count). The lowest BCUT2D eigenvalue weighted by atomic mass is 9.96. The van der Waals surface area contributed by atoms with Crippen molar-refractivity contribution in [2.45, 2.75) is 63.1 Å². The maximum Gasteiger partial charge on any atom is 0.0447 e. The highest BCUT2D eigenvalue weighted by Gasteiger charge is 2.43. The van der Waals surface area contributed by atoms with Crippen LogP contribution in [0.2, 0.25) is 0 Å². The van der Waals surface area contributed by atoms with Gasteiger partial charge in [0.15, 0.2) is 0 Å². The molecule has 0 spiro atoms. The van der Waals surface area contributed by atoms with E-state index in [0.29, 0.717) is 0 Å². The van der Waals surface area contributed by atoms with Crippen LogP contribution in [0.15, 0.2) is 0 Å². The van der Waals surface area contributed by atoms with Crippen LogP contribution >= 0.6 is 0 Å².